The summed E-state index contributed by atoms with van der Waals surface area (Å²) in [5, 5.41) is 20.8. The first-order valence-corrected chi connectivity index (χ1v) is 6.26. The number of hydrogen-bond donors (Lipinski definition) is 3. The number of amides is 1. The number of hydrogen-bond acceptors (Lipinski definition) is 3. The maximum Gasteiger partial charge on any atom is 0.322 e. The summed E-state index contributed by atoms with van der Waals surface area (Å²) in [7, 11) is 0. The van der Waals surface area contributed by atoms with Crippen LogP contribution in [0.5, 0.6) is 0 Å². The number of nitrogens with one attached hydrogen (secondary N) is 1. The van der Waals surface area contributed by atoms with Crippen LogP contribution < -0.4 is 5.32 Å². The Labute approximate surface area is 112 Å². The number of carboxylic acids is 1. The van der Waals surface area contributed by atoms with E-state index in [-0.39, 0.29) is 0 Å². The van der Waals surface area contributed by atoms with Gasteiger partial charge in [-0.2, -0.15) is 0 Å². The van der Waals surface area contributed by atoms with Crippen LogP contribution in [-0.4, -0.2) is 34.7 Å². The minimum absolute atomic E-state index is 0.390. The van der Waals surface area contributed by atoms with Crippen molar-refractivity contribution in [3.63, 3.8) is 0 Å². The molecule has 5 heteroatoms. The van der Waals surface area contributed by atoms with Crippen molar-refractivity contribution in [2.75, 3.05) is 6.54 Å². The molecule has 0 fully saturated rings. The lowest BCUT2D eigenvalue weighted by Crippen LogP contribution is -2.40. The Morgan fingerprint density at radius 2 is 1.89 bits per heavy atom. The van der Waals surface area contributed by atoms with Gasteiger partial charge in [0.2, 0.25) is 5.91 Å². The van der Waals surface area contributed by atoms with Crippen molar-refractivity contribution >= 4 is 11.9 Å². The SMILES string of the molecule is CCC(O)[C@H](Cc1ccccc1)C(=O)NCC(=O)O. The fourth-order valence-corrected chi connectivity index (χ4v) is 1.85. The van der Waals surface area contributed by atoms with Crippen molar-refractivity contribution < 1.29 is 19.8 Å². The smallest absolute Gasteiger partial charge is 0.322 e. The van der Waals surface area contributed by atoms with Crippen molar-refractivity contribution in [1.29, 1.82) is 0 Å². The number of aliphatic hydroxyl groups is 1. The molecule has 1 amide bonds. The molecule has 0 saturated heterocycles. The van der Waals surface area contributed by atoms with Crippen LogP contribution in [0.4, 0.5) is 0 Å². The molecular formula is C14H19NO4. The number of carbonyl (C=O) groups is 2. The normalized spacial score (nSPS) is 13.6. The average molecular weight is 265 g/mol. The summed E-state index contributed by atoms with van der Waals surface area (Å²) >= 11 is 0. The Bertz CT molecular complexity index is 419. The van der Waals surface area contributed by atoms with Gasteiger partial charge in [0.05, 0.1) is 12.0 Å². The van der Waals surface area contributed by atoms with Crippen LogP contribution in [0.25, 0.3) is 0 Å². The highest BCUT2D eigenvalue weighted by Crippen LogP contribution is 2.15. The molecule has 1 aromatic rings. The molecule has 104 valence electrons. The highest BCUT2D eigenvalue weighted by atomic mass is 16.4. The molecule has 1 aromatic carbocycles. The molecule has 0 aliphatic rings. The summed E-state index contributed by atoms with van der Waals surface area (Å²) < 4.78 is 0. The second-order valence-electron chi connectivity index (χ2n) is 4.38. The van der Waals surface area contributed by atoms with Crippen LogP contribution in [0, 0.1) is 5.92 Å². The average Bonchev–Trinajstić information content (AvgIpc) is 2.42. The highest BCUT2D eigenvalue weighted by Gasteiger charge is 2.26. The third-order valence-electron chi connectivity index (χ3n) is 2.93. The minimum Gasteiger partial charge on any atom is -0.480 e. The molecule has 1 unspecified atom stereocenters. The first kappa shape index (κ1) is 15.2. The Morgan fingerprint density at radius 3 is 2.42 bits per heavy atom. The van der Waals surface area contributed by atoms with Gasteiger partial charge in [-0.3, -0.25) is 9.59 Å². The molecular weight excluding hydrogens is 246 g/mol. The summed E-state index contributed by atoms with van der Waals surface area (Å²) in [6.45, 7) is 1.35. The van der Waals surface area contributed by atoms with Gasteiger partial charge in [-0.05, 0) is 18.4 Å². The van der Waals surface area contributed by atoms with Crippen LogP contribution in [0.3, 0.4) is 0 Å². The molecule has 0 spiro atoms. The van der Waals surface area contributed by atoms with Gasteiger partial charge < -0.3 is 15.5 Å². The highest BCUT2D eigenvalue weighted by molar-refractivity contribution is 5.83. The van der Waals surface area contributed by atoms with Crippen LogP contribution >= 0.6 is 0 Å². The standard InChI is InChI=1S/C14H19NO4/c1-2-12(16)11(14(19)15-9-13(17)18)8-10-6-4-3-5-7-10/h3-7,11-12,16H,2,8-9H2,1H3,(H,15,19)(H,17,18)/t11-,12?/m0/s1. The van der Waals surface area contributed by atoms with Gasteiger partial charge in [0.25, 0.3) is 0 Å². The zero-order valence-corrected chi connectivity index (χ0v) is 10.9. The van der Waals surface area contributed by atoms with Gasteiger partial charge in [-0.25, -0.2) is 0 Å². The molecule has 0 bridgehead atoms. The Hall–Kier alpha value is -1.88. The Kier molecular flexibility index (Phi) is 6.02. The van der Waals surface area contributed by atoms with Crippen molar-refractivity contribution in [1.82, 2.24) is 5.32 Å². The molecule has 0 radical (unpaired) electrons. The lowest BCUT2D eigenvalue weighted by Gasteiger charge is -2.21. The molecule has 0 aliphatic carbocycles. The minimum atomic E-state index is -1.10. The summed E-state index contributed by atoms with van der Waals surface area (Å²) in [5.74, 6) is -2.16. The van der Waals surface area contributed by atoms with E-state index in [1.165, 1.54) is 0 Å². The van der Waals surface area contributed by atoms with Crippen molar-refractivity contribution in [2.24, 2.45) is 5.92 Å². The first-order valence-electron chi connectivity index (χ1n) is 6.26. The number of rotatable bonds is 7. The van der Waals surface area contributed by atoms with E-state index in [2.05, 4.69) is 5.32 Å². The Morgan fingerprint density at radius 1 is 1.26 bits per heavy atom. The number of aliphatic carboxylic acids is 1. The topological polar surface area (TPSA) is 86.6 Å². The quantitative estimate of drug-likeness (QED) is 0.681. The number of carboxylic acid groups (broad SMARTS) is 1. The fourth-order valence-electron chi connectivity index (χ4n) is 1.85. The van der Waals surface area contributed by atoms with E-state index in [1.54, 1.807) is 6.92 Å². The van der Waals surface area contributed by atoms with E-state index < -0.39 is 30.4 Å². The first-order chi connectivity index (χ1) is 9.04. The second kappa shape index (κ2) is 7.53. The predicted molar refractivity (Wildman–Crippen MR) is 70.6 cm³/mol. The monoisotopic (exact) mass is 265 g/mol. The second-order valence-corrected chi connectivity index (χ2v) is 4.38. The van der Waals surface area contributed by atoms with E-state index in [0.717, 1.165) is 5.56 Å². The van der Waals surface area contributed by atoms with Gasteiger partial charge in [0.15, 0.2) is 0 Å². The molecule has 0 saturated carbocycles. The van der Waals surface area contributed by atoms with E-state index >= 15 is 0 Å². The summed E-state index contributed by atoms with van der Waals surface area (Å²) in [6, 6.07) is 9.35. The number of aliphatic hydroxyl groups excluding tert-OH is 1. The fraction of sp³-hybridized carbons (Fsp3) is 0.429. The predicted octanol–water partition coefficient (Wildman–Crippen LogP) is 0.817. The van der Waals surface area contributed by atoms with E-state index in [4.69, 9.17) is 5.11 Å². The summed E-state index contributed by atoms with van der Waals surface area (Å²) in [5.41, 5.74) is 0.936. The largest absolute Gasteiger partial charge is 0.480 e. The maximum atomic E-state index is 11.9. The van der Waals surface area contributed by atoms with Crippen LogP contribution in [-0.2, 0) is 16.0 Å². The molecule has 0 aromatic heterocycles. The zero-order chi connectivity index (χ0) is 14.3. The molecule has 5 nitrogen and oxygen atoms in total. The van der Waals surface area contributed by atoms with E-state index in [1.807, 2.05) is 30.3 Å². The third kappa shape index (κ3) is 5.09. The van der Waals surface area contributed by atoms with Gasteiger partial charge in [-0.15, -0.1) is 0 Å². The van der Waals surface area contributed by atoms with Crippen LogP contribution in [0.15, 0.2) is 30.3 Å². The summed E-state index contributed by atoms with van der Waals surface area (Å²) in [6.07, 6.45) is 0.0493. The third-order valence-corrected chi connectivity index (χ3v) is 2.93. The maximum absolute atomic E-state index is 11.9. The van der Waals surface area contributed by atoms with Crippen molar-refractivity contribution in [2.45, 2.75) is 25.9 Å². The van der Waals surface area contributed by atoms with Crippen LogP contribution in [0.2, 0.25) is 0 Å². The molecule has 1 rings (SSSR count). The number of carbonyl (C=O) groups excluding carboxylic acids is 1. The van der Waals surface area contributed by atoms with Gasteiger partial charge in [-0.1, -0.05) is 37.3 Å². The zero-order valence-electron chi connectivity index (χ0n) is 10.9. The summed E-state index contributed by atoms with van der Waals surface area (Å²) in [4.78, 5) is 22.4. The van der Waals surface area contributed by atoms with Crippen molar-refractivity contribution in [3.05, 3.63) is 35.9 Å². The molecule has 0 aliphatic heterocycles. The molecule has 2 atom stereocenters. The Balaban J connectivity index is 2.71. The van der Waals surface area contributed by atoms with E-state index in [9.17, 15) is 14.7 Å². The molecule has 19 heavy (non-hydrogen) atoms. The lowest BCUT2D eigenvalue weighted by molar-refractivity contribution is -0.139. The van der Waals surface area contributed by atoms with Gasteiger partial charge >= 0.3 is 5.97 Å². The molecule has 3 N–H and O–H groups in total. The number of benzene rings is 1. The van der Waals surface area contributed by atoms with Crippen LogP contribution in [0.1, 0.15) is 18.9 Å². The molecule has 0 heterocycles. The van der Waals surface area contributed by atoms with Gasteiger partial charge in [0, 0.05) is 0 Å². The van der Waals surface area contributed by atoms with Gasteiger partial charge in [0.1, 0.15) is 6.54 Å². The lowest BCUT2D eigenvalue weighted by atomic mass is 9.91. The van der Waals surface area contributed by atoms with E-state index in [0.29, 0.717) is 12.8 Å². The van der Waals surface area contributed by atoms with Crippen molar-refractivity contribution in [3.8, 4) is 0 Å².